The van der Waals surface area contributed by atoms with E-state index in [1.54, 1.807) is 6.07 Å². The second kappa shape index (κ2) is 4.71. The number of esters is 1. The van der Waals surface area contributed by atoms with Crippen LogP contribution in [0.1, 0.15) is 18.4 Å². The van der Waals surface area contributed by atoms with Gasteiger partial charge in [0.25, 0.3) is 5.69 Å². The Kier molecular flexibility index (Phi) is 3.28. The zero-order chi connectivity index (χ0) is 12.4. The van der Waals surface area contributed by atoms with E-state index in [1.807, 2.05) is 0 Å². The van der Waals surface area contributed by atoms with Crippen molar-refractivity contribution in [1.82, 2.24) is 0 Å². The van der Waals surface area contributed by atoms with Crippen LogP contribution in [0.25, 0.3) is 0 Å². The maximum Gasteiger partial charge on any atom is 0.309 e. The summed E-state index contributed by atoms with van der Waals surface area (Å²) in [7, 11) is 0. The summed E-state index contributed by atoms with van der Waals surface area (Å²) >= 11 is 5.66. The minimum atomic E-state index is -0.561. The van der Waals surface area contributed by atoms with Crippen LogP contribution in [-0.2, 0) is 16.1 Å². The highest BCUT2D eigenvalue weighted by atomic mass is 35.5. The molecule has 1 aliphatic carbocycles. The van der Waals surface area contributed by atoms with Crippen molar-refractivity contribution < 1.29 is 14.5 Å². The second-order valence-electron chi connectivity index (χ2n) is 3.92. The molecule has 0 amide bonds. The van der Waals surface area contributed by atoms with Crippen molar-refractivity contribution in [2.45, 2.75) is 19.4 Å². The zero-order valence-corrected chi connectivity index (χ0v) is 9.64. The maximum absolute atomic E-state index is 11.3. The average molecular weight is 256 g/mol. The van der Waals surface area contributed by atoms with Crippen molar-refractivity contribution in [3.05, 3.63) is 38.9 Å². The van der Waals surface area contributed by atoms with Crippen LogP contribution in [0.3, 0.4) is 0 Å². The smallest absolute Gasteiger partial charge is 0.309 e. The van der Waals surface area contributed by atoms with Crippen LogP contribution in [0.15, 0.2) is 18.2 Å². The molecule has 2 rings (SSSR count). The molecular formula is C11H10ClNO4. The fraction of sp³-hybridized carbons (Fsp3) is 0.364. The number of ether oxygens (including phenoxy) is 1. The van der Waals surface area contributed by atoms with Crippen LogP contribution in [-0.4, -0.2) is 10.9 Å². The highest BCUT2D eigenvalue weighted by molar-refractivity contribution is 6.32. The molecular weight excluding hydrogens is 246 g/mol. The molecule has 1 aliphatic rings. The third-order valence-electron chi connectivity index (χ3n) is 2.50. The Labute approximate surface area is 102 Å². The topological polar surface area (TPSA) is 69.4 Å². The fourth-order valence-electron chi connectivity index (χ4n) is 1.38. The lowest BCUT2D eigenvalue weighted by atomic mass is 10.2. The lowest BCUT2D eigenvalue weighted by molar-refractivity contribution is -0.384. The second-order valence-corrected chi connectivity index (χ2v) is 4.33. The van der Waals surface area contributed by atoms with E-state index in [0.29, 0.717) is 5.56 Å². The van der Waals surface area contributed by atoms with Crippen molar-refractivity contribution in [2.75, 3.05) is 0 Å². The van der Waals surface area contributed by atoms with Crippen LogP contribution >= 0.6 is 11.6 Å². The van der Waals surface area contributed by atoms with Gasteiger partial charge in [0.2, 0.25) is 0 Å². The van der Waals surface area contributed by atoms with Crippen LogP contribution < -0.4 is 0 Å². The number of carbonyl (C=O) groups is 1. The summed E-state index contributed by atoms with van der Waals surface area (Å²) in [6, 6.07) is 4.36. The van der Waals surface area contributed by atoms with E-state index in [9.17, 15) is 14.9 Å². The number of hydrogen-bond donors (Lipinski definition) is 0. The maximum atomic E-state index is 11.3. The van der Waals surface area contributed by atoms with Gasteiger partial charge in [-0.2, -0.15) is 0 Å². The minimum Gasteiger partial charge on any atom is -0.461 e. The number of rotatable bonds is 4. The number of nitrogens with zero attached hydrogens (tertiary/aromatic N) is 1. The monoisotopic (exact) mass is 255 g/mol. The first-order valence-electron chi connectivity index (χ1n) is 5.17. The van der Waals surface area contributed by atoms with E-state index in [1.165, 1.54) is 12.1 Å². The predicted molar refractivity (Wildman–Crippen MR) is 60.6 cm³/mol. The molecule has 1 fully saturated rings. The molecule has 0 unspecified atom stereocenters. The number of halogens is 1. The Bertz CT molecular complexity index is 471. The molecule has 6 heteroatoms. The molecule has 0 bridgehead atoms. The molecule has 1 aromatic rings. The van der Waals surface area contributed by atoms with Crippen molar-refractivity contribution in [3.63, 3.8) is 0 Å². The molecule has 0 heterocycles. The van der Waals surface area contributed by atoms with Gasteiger partial charge < -0.3 is 4.74 Å². The summed E-state index contributed by atoms with van der Waals surface area (Å²) in [4.78, 5) is 21.4. The van der Waals surface area contributed by atoms with E-state index >= 15 is 0 Å². The molecule has 0 aliphatic heterocycles. The minimum absolute atomic E-state index is 0.0253. The van der Waals surface area contributed by atoms with E-state index in [-0.39, 0.29) is 29.2 Å². The number of nitro benzene ring substituents is 1. The van der Waals surface area contributed by atoms with Gasteiger partial charge in [-0.1, -0.05) is 17.7 Å². The van der Waals surface area contributed by atoms with Gasteiger partial charge >= 0.3 is 5.97 Å². The molecule has 5 nitrogen and oxygen atoms in total. The molecule has 0 spiro atoms. The first-order chi connectivity index (χ1) is 8.08. The number of benzene rings is 1. The summed E-state index contributed by atoms with van der Waals surface area (Å²) in [6.45, 7) is 0.0490. The quantitative estimate of drug-likeness (QED) is 0.471. The lowest BCUT2D eigenvalue weighted by Crippen LogP contribution is -2.06. The first-order valence-corrected chi connectivity index (χ1v) is 5.55. The Morgan fingerprint density at radius 2 is 2.24 bits per heavy atom. The van der Waals surface area contributed by atoms with E-state index < -0.39 is 4.92 Å². The number of nitro groups is 1. The molecule has 0 saturated heterocycles. The van der Waals surface area contributed by atoms with Crippen LogP contribution in [0.5, 0.6) is 0 Å². The fourth-order valence-corrected chi connectivity index (χ4v) is 1.57. The molecule has 0 atom stereocenters. The van der Waals surface area contributed by atoms with Gasteiger partial charge in [0.15, 0.2) is 0 Å². The Morgan fingerprint density at radius 3 is 2.82 bits per heavy atom. The highest BCUT2D eigenvalue weighted by Crippen LogP contribution is 2.31. The third-order valence-corrected chi connectivity index (χ3v) is 2.82. The van der Waals surface area contributed by atoms with Gasteiger partial charge in [-0.05, 0) is 24.5 Å². The summed E-state index contributed by atoms with van der Waals surface area (Å²) in [5.74, 6) is -0.208. The number of carbonyl (C=O) groups excluding carboxylic acids is 1. The van der Waals surface area contributed by atoms with Crippen molar-refractivity contribution in [3.8, 4) is 0 Å². The van der Waals surface area contributed by atoms with Crippen LogP contribution in [0.2, 0.25) is 5.02 Å². The van der Waals surface area contributed by atoms with E-state index in [0.717, 1.165) is 12.8 Å². The van der Waals surface area contributed by atoms with Gasteiger partial charge in [-0.3, -0.25) is 14.9 Å². The van der Waals surface area contributed by atoms with Gasteiger partial charge in [0.1, 0.15) is 11.6 Å². The zero-order valence-electron chi connectivity index (χ0n) is 8.89. The number of hydrogen-bond acceptors (Lipinski definition) is 4. The summed E-state index contributed by atoms with van der Waals surface area (Å²) in [5.41, 5.74) is 0.390. The van der Waals surface area contributed by atoms with Crippen molar-refractivity contribution >= 4 is 23.3 Å². The SMILES string of the molecule is O=C(OCc1ccc(Cl)c([N+](=O)[O-])c1)C1CC1. The van der Waals surface area contributed by atoms with Crippen LogP contribution in [0, 0.1) is 16.0 Å². The van der Waals surface area contributed by atoms with Crippen molar-refractivity contribution in [2.24, 2.45) is 5.92 Å². The summed E-state index contributed by atoms with van der Waals surface area (Å²) in [6.07, 6.45) is 1.75. The third kappa shape index (κ3) is 2.94. The van der Waals surface area contributed by atoms with Gasteiger partial charge in [-0.25, -0.2) is 0 Å². The molecule has 1 saturated carbocycles. The highest BCUT2D eigenvalue weighted by Gasteiger charge is 2.31. The summed E-state index contributed by atoms with van der Waals surface area (Å²) < 4.78 is 5.02. The Hall–Kier alpha value is -1.62. The van der Waals surface area contributed by atoms with Gasteiger partial charge in [0.05, 0.1) is 10.8 Å². The predicted octanol–water partition coefficient (Wildman–Crippen LogP) is 2.70. The molecule has 17 heavy (non-hydrogen) atoms. The largest absolute Gasteiger partial charge is 0.461 e. The van der Waals surface area contributed by atoms with Gasteiger partial charge in [0, 0.05) is 6.07 Å². The Balaban J connectivity index is 2.03. The standard InChI is InChI=1S/C11H10ClNO4/c12-9-4-1-7(5-10(9)13(15)16)6-17-11(14)8-2-3-8/h1,4-5,8H,2-3,6H2. The molecule has 1 aromatic carbocycles. The van der Waals surface area contributed by atoms with Crippen molar-refractivity contribution in [1.29, 1.82) is 0 Å². The lowest BCUT2D eigenvalue weighted by Gasteiger charge is -2.04. The molecule has 90 valence electrons. The molecule has 0 radical (unpaired) electrons. The van der Waals surface area contributed by atoms with Gasteiger partial charge in [-0.15, -0.1) is 0 Å². The first kappa shape index (κ1) is 11.9. The molecule has 0 aromatic heterocycles. The van der Waals surface area contributed by atoms with E-state index in [4.69, 9.17) is 16.3 Å². The van der Waals surface area contributed by atoms with E-state index in [2.05, 4.69) is 0 Å². The average Bonchev–Trinajstić information content (AvgIpc) is 3.11. The molecule has 0 N–H and O–H groups in total. The Morgan fingerprint density at radius 1 is 1.53 bits per heavy atom. The summed E-state index contributed by atoms with van der Waals surface area (Å²) in [5, 5.41) is 10.7. The van der Waals surface area contributed by atoms with Crippen LogP contribution in [0.4, 0.5) is 5.69 Å². The normalized spacial score (nSPS) is 14.4.